The van der Waals surface area contributed by atoms with Crippen molar-refractivity contribution in [3.8, 4) is 0 Å². The van der Waals surface area contributed by atoms with Crippen LogP contribution in [0.4, 0.5) is 5.69 Å². The number of benzene rings is 3. The Kier molecular flexibility index (Phi) is 11.3. The molecule has 1 unspecified atom stereocenters. The summed E-state index contributed by atoms with van der Waals surface area (Å²) in [6.45, 7) is 8.45. The second-order valence-corrected chi connectivity index (χ2v) is 11.3. The minimum absolute atomic E-state index is 0. The van der Waals surface area contributed by atoms with Crippen molar-refractivity contribution in [2.75, 3.05) is 63.9 Å². The normalized spacial score (nSPS) is 21.7. The second-order valence-electron chi connectivity index (χ2n) is 11.3. The fourth-order valence-electron chi connectivity index (χ4n) is 6.95. The van der Waals surface area contributed by atoms with E-state index in [1.165, 1.54) is 24.0 Å². The van der Waals surface area contributed by atoms with Gasteiger partial charge in [0.05, 0.1) is 13.2 Å². The number of ether oxygens (including phenoxy) is 1. The van der Waals surface area contributed by atoms with Gasteiger partial charge in [0.15, 0.2) is 0 Å². The number of nitrogens with zero attached hydrogens (tertiary/aromatic N) is 3. The van der Waals surface area contributed by atoms with Crippen LogP contribution in [-0.4, -0.2) is 74.7 Å². The van der Waals surface area contributed by atoms with Gasteiger partial charge in [0.25, 0.3) is 0 Å². The van der Waals surface area contributed by atoms with Crippen LogP contribution in [0, 0.1) is 0 Å². The van der Waals surface area contributed by atoms with Gasteiger partial charge in [-0.15, -0.1) is 24.8 Å². The zero-order chi connectivity index (χ0) is 26.5. The molecule has 2 fully saturated rings. The van der Waals surface area contributed by atoms with Crippen molar-refractivity contribution in [2.45, 2.75) is 37.0 Å². The summed E-state index contributed by atoms with van der Waals surface area (Å²) < 4.78 is 5.51. The monoisotopic (exact) mass is 595 g/mol. The van der Waals surface area contributed by atoms with Crippen LogP contribution in [0.5, 0.6) is 0 Å². The van der Waals surface area contributed by atoms with Crippen LogP contribution in [0.1, 0.15) is 48.3 Å². The van der Waals surface area contributed by atoms with Crippen LogP contribution in [-0.2, 0) is 14.9 Å². The molecule has 6 rings (SSSR count). The Morgan fingerprint density at radius 1 is 0.707 bits per heavy atom. The maximum Gasteiger partial charge on any atom is 0.242 e. The lowest BCUT2D eigenvalue weighted by molar-refractivity contribution is -0.122. The Labute approximate surface area is 257 Å². The first kappa shape index (κ1) is 31.5. The number of anilines is 1. The lowest BCUT2D eigenvalue weighted by Crippen LogP contribution is -2.45. The van der Waals surface area contributed by atoms with E-state index in [9.17, 15) is 4.79 Å². The van der Waals surface area contributed by atoms with Gasteiger partial charge < -0.3 is 14.5 Å². The van der Waals surface area contributed by atoms with Crippen molar-refractivity contribution >= 4 is 36.4 Å². The number of hydrogen-bond acceptors (Lipinski definition) is 4. The van der Waals surface area contributed by atoms with Crippen molar-refractivity contribution in [3.63, 3.8) is 0 Å². The molecule has 3 aromatic rings. The average Bonchev–Trinajstić information content (AvgIpc) is 3.25. The number of hydrogen-bond donors (Lipinski definition) is 0. The standard InChI is InChI=1S/C34H41N3O2.2ClH/c38-33-34(30-12-5-2-6-13-30,18-23-36-21-16-29(17-22-36)28-10-3-1-4-11-28)31-14-7-8-15-32(31)37(33)20-9-19-35-24-26-39-27-25-35;;/h1-8,10-15,29H,9,16-27H2;2*1H. The van der Waals surface area contributed by atoms with Gasteiger partial charge >= 0.3 is 0 Å². The molecule has 0 bridgehead atoms. The molecule has 0 aromatic heterocycles. The first-order chi connectivity index (χ1) is 19.3. The molecular weight excluding hydrogens is 553 g/mol. The smallest absolute Gasteiger partial charge is 0.242 e. The van der Waals surface area contributed by atoms with Gasteiger partial charge in [-0.05, 0) is 74.0 Å². The van der Waals surface area contributed by atoms with E-state index in [0.717, 1.165) is 83.1 Å². The summed E-state index contributed by atoms with van der Waals surface area (Å²) in [5, 5.41) is 0. The van der Waals surface area contributed by atoms with Crippen molar-refractivity contribution in [1.29, 1.82) is 0 Å². The highest BCUT2D eigenvalue weighted by molar-refractivity contribution is 6.10. The second kappa shape index (κ2) is 14.7. The number of carbonyl (C=O) groups is 1. The van der Waals surface area contributed by atoms with E-state index in [1.807, 2.05) is 0 Å². The highest BCUT2D eigenvalue weighted by atomic mass is 35.5. The summed E-state index contributed by atoms with van der Waals surface area (Å²) in [4.78, 5) is 21.7. The molecule has 1 atom stereocenters. The highest BCUT2D eigenvalue weighted by Crippen LogP contribution is 2.48. The van der Waals surface area contributed by atoms with E-state index < -0.39 is 5.41 Å². The molecule has 3 aromatic carbocycles. The zero-order valence-electron chi connectivity index (χ0n) is 23.8. The summed E-state index contributed by atoms with van der Waals surface area (Å²) in [5.41, 5.74) is 4.22. The van der Waals surface area contributed by atoms with Crippen LogP contribution < -0.4 is 4.90 Å². The topological polar surface area (TPSA) is 36.0 Å². The van der Waals surface area contributed by atoms with E-state index in [0.29, 0.717) is 5.92 Å². The van der Waals surface area contributed by atoms with Gasteiger partial charge in [0, 0.05) is 31.9 Å². The number of morpholine rings is 1. The first-order valence-corrected chi connectivity index (χ1v) is 14.8. The lowest BCUT2D eigenvalue weighted by Gasteiger charge is -2.36. The van der Waals surface area contributed by atoms with Gasteiger partial charge in [-0.25, -0.2) is 0 Å². The van der Waals surface area contributed by atoms with Crippen molar-refractivity contribution in [3.05, 3.63) is 102 Å². The fraction of sp³-hybridized carbons (Fsp3) is 0.441. The molecule has 3 aliphatic heterocycles. The molecule has 7 heteroatoms. The Morgan fingerprint density at radius 2 is 1.32 bits per heavy atom. The number of amides is 1. The SMILES string of the molecule is Cl.Cl.O=C1N(CCCN2CCOCC2)c2ccccc2C1(CCN1CCC(c2ccccc2)CC1)c1ccccc1. The summed E-state index contributed by atoms with van der Waals surface area (Å²) >= 11 is 0. The molecule has 3 aliphatic rings. The molecule has 1 amide bonds. The van der Waals surface area contributed by atoms with Crippen molar-refractivity contribution in [2.24, 2.45) is 0 Å². The van der Waals surface area contributed by atoms with Crippen LogP contribution >= 0.6 is 24.8 Å². The Bertz CT molecular complexity index is 1230. The average molecular weight is 597 g/mol. The van der Waals surface area contributed by atoms with E-state index >= 15 is 0 Å². The van der Waals surface area contributed by atoms with Crippen LogP contribution in [0.15, 0.2) is 84.9 Å². The molecule has 2 saturated heterocycles. The zero-order valence-corrected chi connectivity index (χ0v) is 25.5. The molecular formula is C34H43Cl2N3O2. The number of carbonyl (C=O) groups excluding carboxylic acids is 1. The lowest BCUT2D eigenvalue weighted by atomic mass is 9.72. The van der Waals surface area contributed by atoms with E-state index in [4.69, 9.17) is 4.74 Å². The number of rotatable bonds is 9. The van der Waals surface area contributed by atoms with Crippen LogP contribution in [0.2, 0.25) is 0 Å². The van der Waals surface area contributed by atoms with Gasteiger partial charge in [-0.1, -0.05) is 78.9 Å². The number of fused-ring (bicyclic) bond motifs is 1. The summed E-state index contributed by atoms with van der Waals surface area (Å²) in [5.74, 6) is 0.886. The summed E-state index contributed by atoms with van der Waals surface area (Å²) in [7, 11) is 0. The maximum absolute atomic E-state index is 14.6. The van der Waals surface area contributed by atoms with E-state index in [-0.39, 0.29) is 30.7 Å². The minimum Gasteiger partial charge on any atom is -0.379 e. The highest BCUT2D eigenvalue weighted by Gasteiger charge is 2.51. The van der Waals surface area contributed by atoms with E-state index in [1.54, 1.807) is 0 Å². The van der Waals surface area contributed by atoms with E-state index in [2.05, 4.69) is 99.6 Å². The Hall–Kier alpha value is -2.41. The van der Waals surface area contributed by atoms with Crippen molar-refractivity contribution < 1.29 is 9.53 Å². The number of piperidine rings is 1. The minimum atomic E-state index is -0.632. The molecule has 5 nitrogen and oxygen atoms in total. The molecule has 0 N–H and O–H groups in total. The third kappa shape index (κ3) is 6.65. The van der Waals surface area contributed by atoms with Crippen LogP contribution in [0.25, 0.3) is 0 Å². The maximum atomic E-state index is 14.6. The molecule has 0 radical (unpaired) electrons. The predicted octanol–water partition coefficient (Wildman–Crippen LogP) is 6.15. The summed E-state index contributed by atoms with van der Waals surface area (Å²) in [6.07, 6.45) is 4.14. The van der Waals surface area contributed by atoms with Crippen molar-refractivity contribution in [1.82, 2.24) is 9.80 Å². The van der Waals surface area contributed by atoms with Gasteiger partial charge in [-0.2, -0.15) is 0 Å². The van der Waals surface area contributed by atoms with Gasteiger partial charge in [-0.3, -0.25) is 9.69 Å². The molecule has 0 aliphatic carbocycles. The molecule has 3 heterocycles. The Balaban J connectivity index is 0.00000194. The molecule has 220 valence electrons. The predicted molar refractivity (Wildman–Crippen MR) is 172 cm³/mol. The number of para-hydroxylation sites is 1. The largest absolute Gasteiger partial charge is 0.379 e. The van der Waals surface area contributed by atoms with Gasteiger partial charge in [0.2, 0.25) is 5.91 Å². The molecule has 41 heavy (non-hydrogen) atoms. The van der Waals surface area contributed by atoms with Gasteiger partial charge in [0.1, 0.15) is 5.41 Å². The number of halogens is 2. The van der Waals surface area contributed by atoms with Crippen LogP contribution in [0.3, 0.4) is 0 Å². The molecule has 0 saturated carbocycles. The Morgan fingerprint density at radius 3 is 2.02 bits per heavy atom. The molecule has 0 spiro atoms. The third-order valence-corrected chi connectivity index (χ3v) is 9.15. The number of likely N-dealkylation sites (tertiary alicyclic amines) is 1. The summed E-state index contributed by atoms with van der Waals surface area (Å²) in [6, 6.07) is 30.0. The first-order valence-electron chi connectivity index (χ1n) is 14.8. The quantitative estimate of drug-likeness (QED) is 0.297. The fourth-order valence-corrected chi connectivity index (χ4v) is 6.95. The third-order valence-electron chi connectivity index (χ3n) is 9.15.